The molecule has 12 aromatic carbocycles. The van der Waals surface area contributed by atoms with Crippen LogP contribution in [0.25, 0.3) is 66.4 Å². The zero-order valence-electron chi connectivity index (χ0n) is 41.9. The van der Waals surface area contributed by atoms with Crippen LogP contribution in [0.1, 0.15) is 44.5 Å². The van der Waals surface area contributed by atoms with Gasteiger partial charge in [0.05, 0.1) is 10.8 Å². The summed E-state index contributed by atoms with van der Waals surface area (Å²) in [6, 6.07) is 106. The first-order chi connectivity index (χ1) is 38.2. The van der Waals surface area contributed by atoms with Gasteiger partial charge in [0, 0.05) is 37.6 Å². The van der Waals surface area contributed by atoms with Crippen LogP contribution in [-0.4, -0.2) is 0 Å². The maximum atomic E-state index is 6.23. The number of furan rings is 1. The van der Waals surface area contributed by atoms with Gasteiger partial charge in [0.15, 0.2) is 0 Å². The van der Waals surface area contributed by atoms with E-state index in [9.17, 15) is 0 Å². The number of nitrogens with zero attached hydrogens (tertiary/aromatic N) is 1. The summed E-state index contributed by atoms with van der Waals surface area (Å²) >= 11 is 1.89. The SMILES string of the molecule is c1ccc(C2(c3ccc(N(c4ccc(-c5ccc6oc7ccccc7c6c5)cc4)c4cccc(-c5ccc6c(c5)C5(c7ccccc7Sc7ccccc75)c5ccccc5-6)c4)cc3)c3ccccc3-c3ccccc32)cc1. The van der Waals surface area contributed by atoms with Gasteiger partial charge in [0.25, 0.3) is 0 Å². The van der Waals surface area contributed by atoms with Crippen molar-refractivity contribution >= 4 is 50.8 Å². The monoisotopic (exact) mass is 997 g/mol. The number of para-hydroxylation sites is 1. The van der Waals surface area contributed by atoms with Gasteiger partial charge in [-0.05, 0) is 162 Å². The maximum absolute atomic E-state index is 6.23. The van der Waals surface area contributed by atoms with E-state index in [1.165, 1.54) is 82.1 Å². The van der Waals surface area contributed by atoms with Crippen LogP contribution in [-0.2, 0) is 10.8 Å². The van der Waals surface area contributed by atoms with Gasteiger partial charge in [-0.1, -0.05) is 224 Å². The van der Waals surface area contributed by atoms with E-state index in [0.717, 1.165) is 55.7 Å². The van der Waals surface area contributed by atoms with Crippen molar-refractivity contribution in [3.63, 3.8) is 0 Å². The quantitative estimate of drug-likeness (QED) is 0.158. The summed E-state index contributed by atoms with van der Waals surface area (Å²) in [5.41, 5.74) is 24.3. The number of rotatable bonds is 7. The van der Waals surface area contributed by atoms with Gasteiger partial charge in [-0.2, -0.15) is 0 Å². The second-order valence-corrected chi connectivity index (χ2v) is 21.7. The third kappa shape index (κ3) is 6.38. The van der Waals surface area contributed by atoms with E-state index in [4.69, 9.17) is 4.42 Å². The molecule has 360 valence electrons. The lowest BCUT2D eigenvalue weighted by Gasteiger charge is -2.39. The molecule has 2 aliphatic carbocycles. The van der Waals surface area contributed by atoms with Crippen molar-refractivity contribution in [2.24, 2.45) is 0 Å². The summed E-state index contributed by atoms with van der Waals surface area (Å²) in [5.74, 6) is 0. The summed E-state index contributed by atoms with van der Waals surface area (Å²) in [7, 11) is 0. The zero-order chi connectivity index (χ0) is 50.7. The Hall–Kier alpha value is -9.41. The normalized spacial score (nSPS) is 13.9. The van der Waals surface area contributed by atoms with Crippen LogP contribution < -0.4 is 4.90 Å². The second-order valence-electron chi connectivity index (χ2n) is 20.6. The highest BCUT2D eigenvalue weighted by Crippen LogP contribution is 2.63. The Bertz CT molecular complexity index is 4400. The molecule has 77 heavy (non-hydrogen) atoms. The highest BCUT2D eigenvalue weighted by molar-refractivity contribution is 7.99. The molecule has 16 rings (SSSR count). The molecule has 1 aromatic heterocycles. The molecule has 0 unspecified atom stereocenters. The number of anilines is 3. The van der Waals surface area contributed by atoms with E-state index in [1.807, 2.05) is 23.9 Å². The maximum Gasteiger partial charge on any atom is 0.135 e. The number of fused-ring (bicyclic) bond motifs is 15. The molecule has 0 N–H and O–H groups in total. The largest absolute Gasteiger partial charge is 0.456 e. The van der Waals surface area contributed by atoms with E-state index < -0.39 is 10.8 Å². The number of hydrogen-bond donors (Lipinski definition) is 0. The van der Waals surface area contributed by atoms with Gasteiger partial charge in [-0.15, -0.1) is 0 Å². The molecule has 2 heterocycles. The molecule has 0 bridgehead atoms. The molecule has 0 fully saturated rings. The number of hydrogen-bond acceptors (Lipinski definition) is 3. The summed E-state index contributed by atoms with van der Waals surface area (Å²) < 4.78 is 6.23. The Morgan fingerprint density at radius 3 is 1.43 bits per heavy atom. The predicted molar refractivity (Wildman–Crippen MR) is 318 cm³/mol. The van der Waals surface area contributed by atoms with Crippen molar-refractivity contribution in [2.45, 2.75) is 20.6 Å². The van der Waals surface area contributed by atoms with Gasteiger partial charge in [-0.25, -0.2) is 0 Å². The summed E-state index contributed by atoms with van der Waals surface area (Å²) in [4.78, 5) is 5.03. The highest BCUT2D eigenvalue weighted by atomic mass is 32.2. The van der Waals surface area contributed by atoms with Crippen LogP contribution in [0.4, 0.5) is 17.1 Å². The van der Waals surface area contributed by atoms with Crippen LogP contribution in [0.5, 0.6) is 0 Å². The van der Waals surface area contributed by atoms with Crippen molar-refractivity contribution < 1.29 is 4.42 Å². The van der Waals surface area contributed by atoms with Crippen molar-refractivity contribution in [3.8, 4) is 44.5 Å². The van der Waals surface area contributed by atoms with Crippen LogP contribution in [0.2, 0.25) is 0 Å². The zero-order valence-corrected chi connectivity index (χ0v) is 42.7. The Labute approximate surface area is 452 Å². The lowest BCUT2D eigenvalue weighted by atomic mass is 9.67. The van der Waals surface area contributed by atoms with Crippen LogP contribution in [0.15, 0.2) is 299 Å². The minimum Gasteiger partial charge on any atom is -0.456 e. The molecule has 0 radical (unpaired) electrons. The Balaban J connectivity index is 0.856. The Morgan fingerprint density at radius 1 is 0.273 bits per heavy atom. The lowest BCUT2D eigenvalue weighted by Crippen LogP contribution is -2.31. The highest BCUT2D eigenvalue weighted by Gasteiger charge is 2.50. The van der Waals surface area contributed by atoms with Crippen molar-refractivity contribution in [1.82, 2.24) is 0 Å². The van der Waals surface area contributed by atoms with Crippen molar-refractivity contribution in [1.29, 1.82) is 0 Å². The molecule has 2 nitrogen and oxygen atoms in total. The fourth-order valence-electron chi connectivity index (χ4n) is 13.6. The molecule has 1 aliphatic heterocycles. The van der Waals surface area contributed by atoms with E-state index in [-0.39, 0.29) is 0 Å². The first-order valence-electron chi connectivity index (χ1n) is 26.6. The van der Waals surface area contributed by atoms with Crippen LogP contribution in [0.3, 0.4) is 0 Å². The van der Waals surface area contributed by atoms with Crippen molar-refractivity contribution in [3.05, 3.63) is 330 Å². The summed E-state index contributed by atoms with van der Waals surface area (Å²) in [5, 5.41) is 2.25. The molecule has 13 aromatic rings. The van der Waals surface area contributed by atoms with E-state index in [0.29, 0.717) is 0 Å². The molecule has 1 spiro atoms. The van der Waals surface area contributed by atoms with Gasteiger partial charge in [0.2, 0.25) is 0 Å². The summed E-state index contributed by atoms with van der Waals surface area (Å²) in [6.45, 7) is 0. The topological polar surface area (TPSA) is 16.4 Å². The van der Waals surface area contributed by atoms with Crippen LogP contribution >= 0.6 is 11.8 Å². The smallest absolute Gasteiger partial charge is 0.135 e. The third-order valence-corrected chi connectivity index (χ3v) is 18.0. The molecule has 3 aliphatic rings. The first kappa shape index (κ1) is 43.9. The molecule has 0 atom stereocenters. The minimum absolute atomic E-state index is 0.458. The predicted octanol–water partition coefficient (Wildman–Crippen LogP) is 19.6. The van der Waals surface area contributed by atoms with Crippen molar-refractivity contribution in [2.75, 3.05) is 4.90 Å². The molecule has 0 amide bonds. The Kier molecular flexibility index (Phi) is 9.73. The Morgan fingerprint density at radius 2 is 0.753 bits per heavy atom. The number of benzene rings is 12. The molecule has 3 heteroatoms. The molecular formula is C74H47NOS. The average Bonchev–Trinajstić information content (AvgIpc) is 4.19. The third-order valence-electron chi connectivity index (χ3n) is 16.8. The standard InChI is InChI=1S/C74H47NOS/c1-2-18-52(19-3-1)73(63-25-8-4-21-57(63)58-22-5-9-26-64(58)73)53-37-41-55(42-38-53)75(54-39-33-48(34-40-54)50-36-44-70-62(46-50)61-24-7-13-30-69(61)76-70)56-20-16-17-49(45-56)51-35-43-60-59-23-6-10-27-65(59)74(68(60)47-51)66-28-11-14-31-71(66)77-72-32-15-12-29-67(72)74/h1-47H. The van der Waals surface area contributed by atoms with E-state index >= 15 is 0 Å². The molecule has 0 saturated heterocycles. The fourth-order valence-corrected chi connectivity index (χ4v) is 14.8. The average molecular weight is 998 g/mol. The fraction of sp³-hybridized carbons (Fsp3) is 0.0270. The van der Waals surface area contributed by atoms with E-state index in [2.05, 4.69) is 278 Å². The summed E-state index contributed by atoms with van der Waals surface area (Å²) in [6.07, 6.45) is 0. The minimum atomic E-state index is -0.497. The molecule has 0 saturated carbocycles. The molecular weight excluding hydrogens is 951 g/mol. The van der Waals surface area contributed by atoms with E-state index in [1.54, 1.807) is 0 Å². The van der Waals surface area contributed by atoms with Gasteiger partial charge < -0.3 is 9.32 Å². The lowest BCUT2D eigenvalue weighted by molar-refractivity contribution is 0.669. The van der Waals surface area contributed by atoms with Gasteiger partial charge in [0.1, 0.15) is 11.2 Å². The van der Waals surface area contributed by atoms with Gasteiger partial charge >= 0.3 is 0 Å². The van der Waals surface area contributed by atoms with Gasteiger partial charge in [-0.3, -0.25) is 0 Å². The van der Waals surface area contributed by atoms with Crippen LogP contribution in [0, 0.1) is 0 Å². The first-order valence-corrected chi connectivity index (χ1v) is 27.4. The second kappa shape index (κ2) is 17.1.